The van der Waals surface area contributed by atoms with Crippen molar-refractivity contribution in [3.8, 4) is 22.5 Å². The zero-order chi connectivity index (χ0) is 32.0. The Labute approximate surface area is 250 Å². The Balaban J connectivity index is 1.40. The van der Waals surface area contributed by atoms with Gasteiger partial charge in [0.25, 0.3) is 0 Å². The lowest BCUT2D eigenvalue weighted by Gasteiger charge is -2.11. The number of aromatic nitrogens is 2. The van der Waals surface area contributed by atoms with E-state index in [1.165, 1.54) is 21.5 Å². The molecular formula is C40H26N2. The van der Waals surface area contributed by atoms with Gasteiger partial charge in [0, 0.05) is 32.9 Å². The van der Waals surface area contributed by atoms with E-state index < -0.39 is 6.04 Å². The van der Waals surface area contributed by atoms with Crippen molar-refractivity contribution in [2.75, 3.05) is 0 Å². The summed E-state index contributed by atoms with van der Waals surface area (Å²) in [4.78, 5) is 0. The molecule has 0 bridgehead atoms. The number of fused-ring (bicyclic) bond motifs is 8. The summed E-state index contributed by atoms with van der Waals surface area (Å²) in [5.41, 5.74) is 6.93. The highest BCUT2D eigenvalue weighted by molar-refractivity contribution is 6.25. The first-order chi connectivity index (χ1) is 22.9. The van der Waals surface area contributed by atoms with Gasteiger partial charge in [0.05, 0.1) is 28.9 Å². The van der Waals surface area contributed by atoms with Crippen molar-refractivity contribution in [2.24, 2.45) is 0 Å². The maximum absolute atomic E-state index is 8.60. The van der Waals surface area contributed by atoms with Crippen LogP contribution < -0.4 is 0 Å². The third kappa shape index (κ3) is 3.33. The molecule has 2 aromatic heterocycles. The number of hydrogen-bond acceptors (Lipinski definition) is 0. The third-order valence-electron chi connectivity index (χ3n) is 8.36. The van der Waals surface area contributed by atoms with Crippen LogP contribution in [0.2, 0.25) is 0 Å². The SMILES string of the molecule is [2H]c1c([2H])c([2H])c(-c2cccc(-n3c4ccccc4c4cc5c6c7ccccc7ccc6n(-c6ccccc6)c5cc43)c2)c([2H])c1[2H]. The summed E-state index contributed by atoms with van der Waals surface area (Å²) >= 11 is 0. The van der Waals surface area contributed by atoms with Crippen molar-refractivity contribution >= 4 is 54.4 Å². The molecule has 0 aliphatic heterocycles. The Bertz CT molecular complexity index is 2710. The lowest BCUT2D eigenvalue weighted by Crippen LogP contribution is -1.96. The molecule has 0 aliphatic carbocycles. The molecule has 0 N–H and O–H groups in total. The average Bonchev–Trinajstić information content (AvgIpc) is 3.61. The highest BCUT2D eigenvalue weighted by Crippen LogP contribution is 2.42. The van der Waals surface area contributed by atoms with Crippen LogP contribution in [0.25, 0.3) is 76.9 Å². The van der Waals surface area contributed by atoms with Gasteiger partial charge in [0.1, 0.15) is 0 Å². The van der Waals surface area contributed by atoms with E-state index in [-0.39, 0.29) is 29.7 Å². The number of para-hydroxylation sites is 2. The van der Waals surface area contributed by atoms with E-state index in [0.29, 0.717) is 5.56 Å². The molecule has 0 fully saturated rings. The summed E-state index contributed by atoms with van der Waals surface area (Å²) in [5, 5.41) is 7.01. The second-order valence-electron chi connectivity index (χ2n) is 10.6. The van der Waals surface area contributed by atoms with Crippen LogP contribution in [-0.4, -0.2) is 9.13 Å². The number of benzene rings is 7. The topological polar surface area (TPSA) is 9.86 Å². The van der Waals surface area contributed by atoms with Gasteiger partial charge in [-0.3, -0.25) is 0 Å². The van der Waals surface area contributed by atoms with Crippen LogP contribution in [0.15, 0.2) is 158 Å². The van der Waals surface area contributed by atoms with Crippen LogP contribution >= 0.6 is 0 Å². The smallest absolute Gasteiger partial charge is 0.0629 e. The lowest BCUT2D eigenvalue weighted by atomic mass is 10.0. The van der Waals surface area contributed by atoms with E-state index in [1.54, 1.807) is 0 Å². The summed E-state index contributed by atoms with van der Waals surface area (Å²) in [6, 6.07) is 42.4. The van der Waals surface area contributed by atoms with Crippen LogP contribution in [0.1, 0.15) is 6.85 Å². The van der Waals surface area contributed by atoms with E-state index in [9.17, 15) is 0 Å². The highest BCUT2D eigenvalue weighted by atomic mass is 15.0. The van der Waals surface area contributed by atoms with Gasteiger partial charge in [-0.05, 0) is 70.4 Å². The van der Waals surface area contributed by atoms with Crippen molar-refractivity contribution in [3.63, 3.8) is 0 Å². The standard InChI is InChI=1S/C40H26N2/c1-3-12-27(13-4-1)29-15-11-18-31(24-29)42-36-21-10-9-20-33(36)34-25-35-39(26-38(34)42)41(30-16-5-2-6-17-30)37-23-22-28-14-7-8-19-32(28)40(35)37/h1-26H/i1D,3D,4D,12D,13D. The largest absolute Gasteiger partial charge is 0.309 e. The number of nitrogens with zero attached hydrogens (tertiary/aromatic N) is 2. The zero-order valence-electron chi connectivity index (χ0n) is 27.5. The van der Waals surface area contributed by atoms with Crippen LogP contribution in [0.5, 0.6) is 0 Å². The van der Waals surface area contributed by atoms with E-state index in [4.69, 9.17) is 6.85 Å². The molecule has 0 unspecified atom stereocenters. The van der Waals surface area contributed by atoms with Gasteiger partial charge in [-0.2, -0.15) is 0 Å². The molecule has 9 rings (SSSR count). The molecule has 2 nitrogen and oxygen atoms in total. The van der Waals surface area contributed by atoms with Gasteiger partial charge in [0.2, 0.25) is 0 Å². The predicted octanol–water partition coefficient (Wildman–Crippen LogP) is 10.7. The van der Waals surface area contributed by atoms with E-state index in [2.05, 4.69) is 100 Å². The first kappa shape index (κ1) is 18.7. The summed E-state index contributed by atoms with van der Waals surface area (Å²) < 4.78 is 46.3. The van der Waals surface area contributed by atoms with Gasteiger partial charge in [-0.15, -0.1) is 0 Å². The molecule has 42 heavy (non-hydrogen) atoms. The number of rotatable bonds is 3. The van der Waals surface area contributed by atoms with Crippen LogP contribution in [0.3, 0.4) is 0 Å². The fourth-order valence-corrected chi connectivity index (χ4v) is 6.58. The van der Waals surface area contributed by atoms with Crippen LogP contribution in [-0.2, 0) is 0 Å². The molecule has 0 aliphatic rings. The average molecular weight is 540 g/mol. The Morgan fingerprint density at radius 2 is 1.12 bits per heavy atom. The third-order valence-corrected chi connectivity index (χ3v) is 8.36. The normalized spacial score (nSPS) is 13.5. The first-order valence-corrected chi connectivity index (χ1v) is 14.0. The van der Waals surface area contributed by atoms with Crippen molar-refractivity contribution in [3.05, 3.63) is 158 Å². The van der Waals surface area contributed by atoms with Gasteiger partial charge >= 0.3 is 0 Å². The minimum atomic E-state index is -0.395. The maximum Gasteiger partial charge on any atom is 0.0629 e. The van der Waals surface area contributed by atoms with Crippen molar-refractivity contribution in [1.82, 2.24) is 9.13 Å². The van der Waals surface area contributed by atoms with Crippen LogP contribution in [0, 0.1) is 0 Å². The van der Waals surface area contributed by atoms with Crippen LogP contribution in [0.4, 0.5) is 0 Å². The molecule has 0 radical (unpaired) electrons. The molecule has 7 aromatic carbocycles. The molecular weight excluding hydrogens is 508 g/mol. The molecule has 0 atom stereocenters. The summed E-state index contributed by atoms with van der Waals surface area (Å²) in [6.45, 7) is 0. The second-order valence-corrected chi connectivity index (χ2v) is 10.6. The Hall–Kier alpha value is -5.60. The van der Waals surface area contributed by atoms with Gasteiger partial charge in [0.15, 0.2) is 0 Å². The highest BCUT2D eigenvalue weighted by Gasteiger charge is 2.19. The minimum Gasteiger partial charge on any atom is -0.309 e. The Morgan fingerprint density at radius 3 is 2.00 bits per heavy atom. The quantitative estimate of drug-likeness (QED) is 0.211. The van der Waals surface area contributed by atoms with Gasteiger partial charge in [-0.25, -0.2) is 0 Å². The van der Waals surface area contributed by atoms with Crippen molar-refractivity contribution < 1.29 is 6.85 Å². The zero-order valence-corrected chi connectivity index (χ0v) is 22.5. The second kappa shape index (κ2) is 8.95. The summed E-state index contributed by atoms with van der Waals surface area (Å²) in [7, 11) is 0. The van der Waals surface area contributed by atoms with Crippen molar-refractivity contribution in [2.45, 2.75) is 0 Å². The Kier molecular flexibility index (Phi) is 3.98. The fourth-order valence-electron chi connectivity index (χ4n) is 6.58. The van der Waals surface area contributed by atoms with E-state index in [1.807, 2.05) is 36.4 Å². The fraction of sp³-hybridized carbons (Fsp3) is 0. The molecule has 0 amide bonds. The molecule has 2 heteroatoms. The molecule has 0 saturated heterocycles. The van der Waals surface area contributed by atoms with E-state index in [0.717, 1.165) is 44.2 Å². The predicted molar refractivity (Wildman–Crippen MR) is 178 cm³/mol. The summed E-state index contributed by atoms with van der Waals surface area (Å²) in [6.07, 6.45) is 0. The Morgan fingerprint density at radius 1 is 0.405 bits per heavy atom. The minimum absolute atomic E-state index is 0.192. The lowest BCUT2D eigenvalue weighted by molar-refractivity contribution is 1.17. The van der Waals surface area contributed by atoms with E-state index >= 15 is 0 Å². The monoisotopic (exact) mass is 539 g/mol. The maximum atomic E-state index is 8.60. The van der Waals surface area contributed by atoms with Gasteiger partial charge < -0.3 is 9.13 Å². The number of hydrogen-bond donors (Lipinski definition) is 0. The molecule has 0 saturated carbocycles. The molecule has 2 heterocycles. The molecule has 9 aromatic rings. The molecule has 196 valence electrons. The summed E-state index contributed by atoms with van der Waals surface area (Å²) in [5.74, 6) is 0. The van der Waals surface area contributed by atoms with Crippen molar-refractivity contribution in [1.29, 1.82) is 0 Å². The molecule has 0 spiro atoms. The van der Waals surface area contributed by atoms with Gasteiger partial charge in [-0.1, -0.05) is 109 Å². The first-order valence-electron chi connectivity index (χ1n) is 16.5.